The molecule has 5 unspecified atom stereocenters. The van der Waals surface area contributed by atoms with Crippen LogP contribution in [-0.4, -0.2) is 40.8 Å². The summed E-state index contributed by atoms with van der Waals surface area (Å²) in [7, 11) is 0. The molecule has 0 spiro atoms. The summed E-state index contributed by atoms with van der Waals surface area (Å²) in [5.41, 5.74) is 2.90. The topological polar surface area (TPSA) is 99.1 Å². The van der Waals surface area contributed by atoms with Crippen LogP contribution in [0.25, 0.3) is 0 Å². The Kier molecular flexibility index (Phi) is 10.9. The van der Waals surface area contributed by atoms with Crippen LogP contribution in [0.15, 0.2) is 48.5 Å². The van der Waals surface area contributed by atoms with Crippen LogP contribution in [0, 0.1) is 23.7 Å². The van der Waals surface area contributed by atoms with Crippen molar-refractivity contribution in [2.75, 3.05) is 0 Å². The van der Waals surface area contributed by atoms with E-state index in [9.17, 15) is 14.4 Å². The van der Waals surface area contributed by atoms with E-state index in [1.807, 2.05) is 50.2 Å². The standard InChI is InChI=1S/C16H22O2.C12H16O4.C8H10O/c1-3-13-7-9-14(10-8-13)15(17)18-16(4-2)11-5-6-12-16;1-5(2)11(13)15-9-6-3-7-8(4-6)12(14)16-10(7)9;1-2-7-4-3-5-8(9)6-7/h7-10H,3-6,11-12H2,1-2H3;5-10H,3-4H2,1-2H3;3-6,9H,2H2,1H3. The second-order valence-electron chi connectivity index (χ2n) is 12.7. The predicted molar refractivity (Wildman–Crippen MR) is 165 cm³/mol. The summed E-state index contributed by atoms with van der Waals surface area (Å²) in [4.78, 5) is 35.2. The normalized spacial score (nSPS) is 25.7. The Morgan fingerprint density at radius 3 is 2.21 bits per heavy atom. The second kappa shape index (κ2) is 14.4. The van der Waals surface area contributed by atoms with Gasteiger partial charge in [0.25, 0.3) is 0 Å². The molecule has 7 heteroatoms. The number of rotatable bonds is 7. The number of carbonyl (C=O) groups excluding carboxylic acids is 3. The van der Waals surface area contributed by atoms with Crippen molar-refractivity contribution < 1.29 is 33.7 Å². The van der Waals surface area contributed by atoms with Gasteiger partial charge in [0.2, 0.25) is 0 Å². The minimum absolute atomic E-state index is 0.0828. The first-order valence-electron chi connectivity index (χ1n) is 16.1. The monoisotopic (exact) mass is 592 g/mol. The van der Waals surface area contributed by atoms with E-state index in [4.69, 9.17) is 19.3 Å². The molecule has 0 amide bonds. The third-order valence-electron chi connectivity index (χ3n) is 9.52. The molecule has 6 rings (SSSR count). The number of hydrogen-bond donors (Lipinski definition) is 1. The maximum absolute atomic E-state index is 12.1. The third-order valence-corrected chi connectivity index (χ3v) is 9.52. The van der Waals surface area contributed by atoms with E-state index in [1.54, 1.807) is 12.1 Å². The molecule has 2 aromatic rings. The van der Waals surface area contributed by atoms with Crippen LogP contribution >= 0.6 is 0 Å². The fourth-order valence-corrected chi connectivity index (χ4v) is 6.79. The summed E-state index contributed by atoms with van der Waals surface area (Å²) in [5.74, 6) is 0.543. The van der Waals surface area contributed by atoms with Crippen molar-refractivity contribution in [1.82, 2.24) is 0 Å². The Labute approximate surface area is 256 Å². The van der Waals surface area contributed by atoms with Gasteiger partial charge in [-0.05, 0) is 93.2 Å². The Morgan fingerprint density at radius 2 is 1.65 bits per heavy atom. The summed E-state index contributed by atoms with van der Waals surface area (Å²) in [6.07, 6.45) is 8.78. The number of esters is 3. The van der Waals surface area contributed by atoms with E-state index in [1.165, 1.54) is 24.0 Å². The fourth-order valence-electron chi connectivity index (χ4n) is 6.79. The molecule has 1 heterocycles. The molecule has 0 radical (unpaired) electrons. The molecule has 1 aliphatic heterocycles. The molecule has 3 saturated carbocycles. The molecule has 0 aromatic heterocycles. The summed E-state index contributed by atoms with van der Waals surface area (Å²) in [6.45, 7) is 9.92. The molecule has 1 saturated heterocycles. The second-order valence-corrected chi connectivity index (χ2v) is 12.7. The SMILES string of the molecule is CC(C)C(=O)OC1C2CC3C(=O)OC1C3C2.CCc1ccc(C(=O)OC2(CC)CCCC2)cc1.CCc1cccc(O)c1. The molecule has 4 aliphatic rings. The first-order valence-corrected chi connectivity index (χ1v) is 16.1. The zero-order valence-electron chi connectivity index (χ0n) is 26.3. The van der Waals surface area contributed by atoms with Crippen molar-refractivity contribution in [3.05, 3.63) is 65.2 Å². The Bertz CT molecular complexity index is 1240. The lowest BCUT2D eigenvalue weighted by Crippen LogP contribution is -2.36. The summed E-state index contributed by atoms with van der Waals surface area (Å²) in [5, 5.41) is 8.94. The summed E-state index contributed by atoms with van der Waals surface area (Å²) >= 11 is 0. The van der Waals surface area contributed by atoms with E-state index in [2.05, 4.69) is 20.8 Å². The molecule has 3 aliphatic carbocycles. The Morgan fingerprint density at radius 1 is 0.977 bits per heavy atom. The zero-order chi connectivity index (χ0) is 31.1. The van der Waals surface area contributed by atoms with Gasteiger partial charge in [-0.15, -0.1) is 0 Å². The number of carbonyl (C=O) groups is 3. The number of ether oxygens (including phenoxy) is 3. The number of hydrogen-bond acceptors (Lipinski definition) is 7. The van der Waals surface area contributed by atoms with Crippen molar-refractivity contribution in [2.24, 2.45) is 23.7 Å². The van der Waals surface area contributed by atoms with Gasteiger partial charge < -0.3 is 19.3 Å². The molecule has 43 heavy (non-hydrogen) atoms. The minimum atomic E-state index is -0.194. The molecule has 7 nitrogen and oxygen atoms in total. The number of phenols is 1. The van der Waals surface area contributed by atoms with E-state index >= 15 is 0 Å². The van der Waals surface area contributed by atoms with Crippen LogP contribution < -0.4 is 0 Å². The number of aromatic hydroxyl groups is 1. The van der Waals surface area contributed by atoms with Gasteiger partial charge in [0.1, 0.15) is 23.6 Å². The number of fused-ring (bicyclic) bond motifs is 1. The fraction of sp³-hybridized carbons (Fsp3) is 0.583. The largest absolute Gasteiger partial charge is 0.508 e. The molecule has 4 fully saturated rings. The number of aryl methyl sites for hydroxylation is 2. The lowest BCUT2D eigenvalue weighted by atomic mass is 9.88. The van der Waals surface area contributed by atoms with Crippen LogP contribution in [0.2, 0.25) is 0 Å². The quantitative estimate of drug-likeness (QED) is 0.268. The van der Waals surface area contributed by atoms with Gasteiger partial charge in [-0.3, -0.25) is 9.59 Å². The molecule has 5 atom stereocenters. The first kappa shape index (κ1) is 32.6. The average Bonchev–Trinajstić information content (AvgIpc) is 3.77. The van der Waals surface area contributed by atoms with Crippen LogP contribution in [-0.2, 0) is 36.6 Å². The highest BCUT2D eigenvalue weighted by molar-refractivity contribution is 5.89. The zero-order valence-corrected chi connectivity index (χ0v) is 26.3. The molecule has 2 aromatic carbocycles. The van der Waals surface area contributed by atoms with Gasteiger partial charge >= 0.3 is 17.9 Å². The molecule has 2 bridgehead atoms. The highest BCUT2D eigenvalue weighted by atomic mass is 16.6. The highest BCUT2D eigenvalue weighted by Crippen LogP contribution is 2.55. The van der Waals surface area contributed by atoms with E-state index in [-0.39, 0.29) is 47.6 Å². The summed E-state index contributed by atoms with van der Waals surface area (Å²) in [6, 6.07) is 15.1. The van der Waals surface area contributed by atoms with Crippen LogP contribution in [0.4, 0.5) is 0 Å². The van der Waals surface area contributed by atoms with Gasteiger partial charge in [0.15, 0.2) is 0 Å². The molecular weight excluding hydrogens is 544 g/mol. The van der Waals surface area contributed by atoms with Gasteiger partial charge in [-0.1, -0.05) is 58.9 Å². The molecular formula is C36H48O7. The van der Waals surface area contributed by atoms with Crippen molar-refractivity contribution in [3.8, 4) is 5.75 Å². The first-order chi connectivity index (χ1) is 20.6. The van der Waals surface area contributed by atoms with Gasteiger partial charge in [0.05, 0.1) is 17.4 Å². The molecule has 234 valence electrons. The number of phenolic OH excluding ortho intramolecular Hbond substituents is 1. The predicted octanol–water partition coefficient (Wildman–Crippen LogP) is 7.22. The van der Waals surface area contributed by atoms with E-state index in [0.717, 1.165) is 44.9 Å². The van der Waals surface area contributed by atoms with Crippen LogP contribution in [0.5, 0.6) is 5.75 Å². The number of benzene rings is 2. The minimum Gasteiger partial charge on any atom is -0.508 e. The Hall–Kier alpha value is -3.35. The van der Waals surface area contributed by atoms with Crippen LogP contribution in [0.3, 0.4) is 0 Å². The van der Waals surface area contributed by atoms with Gasteiger partial charge in [-0.2, -0.15) is 0 Å². The lowest BCUT2D eigenvalue weighted by molar-refractivity contribution is -0.164. The molecule has 1 N–H and O–H groups in total. The average molecular weight is 593 g/mol. The third kappa shape index (κ3) is 7.79. The smallest absolute Gasteiger partial charge is 0.338 e. The van der Waals surface area contributed by atoms with Crippen molar-refractivity contribution in [2.45, 2.75) is 110 Å². The van der Waals surface area contributed by atoms with Gasteiger partial charge in [-0.25, -0.2) is 4.79 Å². The van der Waals surface area contributed by atoms with Crippen molar-refractivity contribution >= 4 is 17.9 Å². The summed E-state index contributed by atoms with van der Waals surface area (Å²) < 4.78 is 16.6. The lowest BCUT2D eigenvalue weighted by Gasteiger charge is -2.27. The van der Waals surface area contributed by atoms with Crippen LogP contribution in [0.1, 0.15) is 101 Å². The highest BCUT2D eigenvalue weighted by Gasteiger charge is 2.63. The maximum atomic E-state index is 12.1. The maximum Gasteiger partial charge on any atom is 0.338 e. The van der Waals surface area contributed by atoms with Crippen molar-refractivity contribution in [1.29, 1.82) is 0 Å². The van der Waals surface area contributed by atoms with Gasteiger partial charge in [0, 0.05) is 11.8 Å². The Balaban J connectivity index is 0.000000156. The van der Waals surface area contributed by atoms with E-state index < -0.39 is 0 Å². The van der Waals surface area contributed by atoms with Crippen molar-refractivity contribution in [3.63, 3.8) is 0 Å². The van der Waals surface area contributed by atoms with E-state index in [0.29, 0.717) is 23.1 Å².